The molecule has 0 fully saturated rings. The maximum atomic E-state index is 14.0. The molecule has 0 radical (unpaired) electrons. The molecule has 0 aliphatic heterocycles. The summed E-state index contributed by atoms with van der Waals surface area (Å²) in [5.41, 5.74) is 19.0. The molecule has 190 valence electrons. The standard InChI is InChI=1S/C21H27F2N7O4S/c22-14-8-4-9-15(23)18(14)35(33,34)30-29-16(10-5-11-27-21(25)26)20(32)28-17(19(24)31)12-13-6-2-1-3-7-13/h1-4,6-9,16-17,29-30H,5,10-12H2,(H2,24,31)(H,28,32)(H4,25,26,27)/t16-,17-/m0/s1. The first-order valence-electron chi connectivity index (χ1n) is 10.4. The number of hydrogen-bond acceptors (Lipinski definition) is 6. The molecule has 0 spiro atoms. The Kier molecular flexibility index (Phi) is 10.1. The molecule has 0 aliphatic rings. The summed E-state index contributed by atoms with van der Waals surface area (Å²) in [6.45, 7) is 0.117. The van der Waals surface area contributed by atoms with Crippen molar-refractivity contribution < 1.29 is 26.8 Å². The average Bonchev–Trinajstić information content (AvgIpc) is 2.78. The highest BCUT2D eigenvalue weighted by atomic mass is 32.2. The lowest BCUT2D eigenvalue weighted by Crippen LogP contribution is -2.56. The van der Waals surface area contributed by atoms with Crippen LogP contribution in [-0.4, -0.2) is 44.8 Å². The Morgan fingerprint density at radius 2 is 1.57 bits per heavy atom. The number of primary amides is 1. The van der Waals surface area contributed by atoms with Gasteiger partial charge in [-0.3, -0.25) is 14.6 Å². The van der Waals surface area contributed by atoms with Crippen molar-refractivity contribution in [1.82, 2.24) is 15.6 Å². The van der Waals surface area contributed by atoms with E-state index in [1.807, 2.05) is 4.83 Å². The first-order chi connectivity index (χ1) is 16.5. The van der Waals surface area contributed by atoms with E-state index in [9.17, 15) is 26.8 Å². The van der Waals surface area contributed by atoms with Gasteiger partial charge in [0.05, 0.1) is 0 Å². The van der Waals surface area contributed by atoms with E-state index in [1.54, 1.807) is 30.3 Å². The van der Waals surface area contributed by atoms with Gasteiger partial charge in [0.15, 0.2) is 10.9 Å². The van der Waals surface area contributed by atoms with Crippen LogP contribution in [0.25, 0.3) is 0 Å². The van der Waals surface area contributed by atoms with Crippen LogP contribution in [0.5, 0.6) is 0 Å². The number of sulfonamides is 1. The molecule has 2 aromatic carbocycles. The van der Waals surface area contributed by atoms with E-state index in [-0.39, 0.29) is 31.8 Å². The fourth-order valence-corrected chi connectivity index (χ4v) is 4.11. The normalized spacial score (nSPS) is 13.0. The minimum absolute atomic E-state index is 0.0122. The van der Waals surface area contributed by atoms with Crippen LogP contribution in [0, 0.1) is 11.6 Å². The van der Waals surface area contributed by atoms with Gasteiger partial charge in [-0.05, 0) is 30.5 Å². The van der Waals surface area contributed by atoms with Gasteiger partial charge in [0.25, 0.3) is 10.0 Å². The number of aliphatic imine (C=N–C) groups is 1. The number of hydrazine groups is 1. The smallest absolute Gasteiger partial charge is 0.259 e. The molecule has 35 heavy (non-hydrogen) atoms. The van der Waals surface area contributed by atoms with Crippen LogP contribution in [0.2, 0.25) is 0 Å². The molecule has 0 aliphatic carbocycles. The number of carbonyl (C=O) groups excluding carboxylic acids is 2. The Morgan fingerprint density at radius 3 is 2.14 bits per heavy atom. The highest BCUT2D eigenvalue weighted by molar-refractivity contribution is 7.89. The maximum absolute atomic E-state index is 14.0. The number of nitrogens with zero attached hydrogens (tertiary/aromatic N) is 1. The van der Waals surface area contributed by atoms with Gasteiger partial charge in [-0.15, -0.1) is 4.83 Å². The number of carbonyl (C=O) groups is 2. The third-order valence-electron chi connectivity index (χ3n) is 4.76. The molecule has 11 nitrogen and oxygen atoms in total. The largest absolute Gasteiger partial charge is 0.370 e. The van der Waals surface area contributed by atoms with Gasteiger partial charge in [0.2, 0.25) is 11.8 Å². The molecule has 0 heterocycles. The summed E-state index contributed by atoms with van der Waals surface area (Å²) in [6.07, 6.45) is 0.301. The Bertz CT molecular complexity index is 1140. The molecular formula is C21H27F2N7O4S. The lowest BCUT2D eigenvalue weighted by atomic mass is 10.0. The molecule has 0 aromatic heterocycles. The first kappa shape index (κ1) is 27.6. The summed E-state index contributed by atoms with van der Waals surface area (Å²) in [4.78, 5) is 29.2. The third-order valence-corrected chi connectivity index (χ3v) is 6.07. The summed E-state index contributed by atoms with van der Waals surface area (Å²) in [6, 6.07) is 8.94. The zero-order valence-corrected chi connectivity index (χ0v) is 19.4. The number of halogens is 2. The van der Waals surface area contributed by atoms with Crippen molar-refractivity contribution in [1.29, 1.82) is 0 Å². The number of amides is 2. The van der Waals surface area contributed by atoms with Crippen molar-refractivity contribution in [2.45, 2.75) is 36.2 Å². The monoisotopic (exact) mass is 511 g/mol. The van der Waals surface area contributed by atoms with E-state index < -0.39 is 50.5 Å². The van der Waals surface area contributed by atoms with E-state index in [2.05, 4.69) is 15.7 Å². The van der Waals surface area contributed by atoms with Crippen LogP contribution in [0.15, 0.2) is 58.4 Å². The van der Waals surface area contributed by atoms with E-state index in [1.165, 1.54) is 0 Å². The van der Waals surface area contributed by atoms with Crippen molar-refractivity contribution >= 4 is 27.8 Å². The van der Waals surface area contributed by atoms with Gasteiger partial charge >= 0.3 is 0 Å². The summed E-state index contributed by atoms with van der Waals surface area (Å²) < 4.78 is 52.9. The second kappa shape index (κ2) is 12.7. The fraction of sp³-hybridized carbons (Fsp3) is 0.286. The molecule has 2 aromatic rings. The summed E-state index contributed by atoms with van der Waals surface area (Å²) in [5, 5.41) is 2.47. The van der Waals surface area contributed by atoms with Crippen molar-refractivity contribution in [2.75, 3.05) is 6.54 Å². The third kappa shape index (κ3) is 8.59. The van der Waals surface area contributed by atoms with Crippen LogP contribution in [0.4, 0.5) is 8.78 Å². The highest BCUT2D eigenvalue weighted by Crippen LogP contribution is 2.17. The zero-order valence-electron chi connectivity index (χ0n) is 18.6. The van der Waals surface area contributed by atoms with Crippen LogP contribution in [0.3, 0.4) is 0 Å². The first-order valence-corrected chi connectivity index (χ1v) is 11.9. The minimum Gasteiger partial charge on any atom is -0.370 e. The Labute approximate surface area is 201 Å². The molecule has 14 heteroatoms. The number of guanidine groups is 1. The molecule has 0 saturated carbocycles. The number of nitrogens with one attached hydrogen (secondary N) is 3. The number of hydrogen-bond donors (Lipinski definition) is 6. The van der Waals surface area contributed by atoms with Gasteiger partial charge in [-0.1, -0.05) is 36.4 Å². The van der Waals surface area contributed by atoms with Gasteiger partial charge in [-0.2, -0.15) is 0 Å². The van der Waals surface area contributed by atoms with Gasteiger partial charge in [-0.25, -0.2) is 22.6 Å². The predicted octanol–water partition coefficient (Wildman–Crippen LogP) is -0.617. The van der Waals surface area contributed by atoms with E-state index in [4.69, 9.17) is 17.2 Å². The Morgan fingerprint density at radius 1 is 0.943 bits per heavy atom. The second-order valence-corrected chi connectivity index (χ2v) is 9.07. The molecule has 2 amide bonds. The molecule has 0 saturated heterocycles. The van der Waals surface area contributed by atoms with Gasteiger partial charge in [0, 0.05) is 13.0 Å². The van der Waals surface area contributed by atoms with E-state index >= 15 is 0 Å². The lowest BCUT2D eigenvalue weighted by molar-refractivity contribution is -0.128. The topological polar surface area (TPSA) is 195 Å². The number of nitrogens with two attached hydrogens (primary N) is 3. The summed E-state index contributed by atoms with van der Waals surface area (Å²) >= 11 is 0. The molecule has 9 N–H and O–H groups in total. The summed E-state index contributed by atoms with van der Waals surface area (Å²) in [5.74, 6) is -4.40. The number of rotatable bonds is 13. The average molecular weight is 512 g/mol. The van der Waals surface area contributed by atoms with Crippen LogP contribution in [-0.2, 0) is 26.0 Å². The van der Waals surface area contributed by atoms with Crippen molar-refractivity contribution in [3.8, 4) is 0 Å². The number of benzene rings is 2. The summed E-state index contributed by atoms with van der Waals surface area (Å²) in [7, 11) is -4.74. The molecular weight excluding hydrogens is 484 g/mol. The maximum Gasteiger partial charge on any atom is 0.259 e. The van der Waals surface area contributed by atoms with Crippen LogP contribution >= 0.6 is 0 Å². The van der Waals surface area contributed by atoms with Crippen molar-refractivity contribution in [3.63, 3.8) is 0 Å². The van der Waals surface area contributed by atoms with Gasteiger partial charge in [0.1, 0.15) is 23.7 Å². The van der Waals surface area contributed by atoms with E-state index in [0.29, 0.717) is 0 Å². The molecule has 2 rings (SSSR count). The minimum atomic E-state index is -4.74. The fourth-order valence-electron chi connectivity index (χ4n) is 3.06. The second-order valence-electron chi connectivity index (χ2n) is 7.46. The van der Waals surface area contributed by atoms with Crippen LogP contribution in [0.1, 0.15) is 18.4 Å². The Hall–Kier alpha value is -3.62. The SMILES string of the molecule is NC(=O)[C@H](Cc1ccccc1)NC(=O)[C@H](CCCN=C(N)N)NNS(=O)(=O)c1c(F)cccc1F. The van der Waals surface area contributed by atoms with Crippen LogP contribution < -0.4 is 32.8 Å². The van der Waals surface area contributed by atoms with Crippen molar-refractivity contribution in [3.05, 3.63) is 65.7 Å². The molecule has 0 unspecified atom stereocenters. The van der Waals surface area contributed by atoms with Crippen molar-refractivity contribution in [2.24, 2.45) is 22.2 Å². The van der Waals surface area contributed by atoms with E-state index in [0.717, 1.165) is 23.8 Å². The lowest BCUT2D eigenvalue weighted by Gasteiger charge is -2.22. The highest BCUT2D eigenvalue weighted by Gasteiger charge is 2.28. The van der Waals surface area contributed by atoms with Gasteiger partial charge < -0.3 is 22.5 Å². The Balaban J connectivity index is 2.17. The quantitative estimate of drug-likeness (QED) is 0.0892. The molecule has 0 bridgehead atoms. The molecule has 2 atom stereocenters. The predicted molar refractivity (Wildman–Crippen MR) is 125 cm³/mol. The zero-order chi connectivity index (χ0) is 26.0.